The standard InChI is InChI=1S/C18H19N5O/c1-12-7-8-13(2)16(9-12)21-17-11-19-23-18(22-17)20-14-5-4-6-15(10-14)24-3/h4-11H,1-3H3,(H2,20,21,22,23). The van der Waals surface area contributed by atoms with Gasteiger partial charge >= 0.3 is 0 Å². The minimum Gasteiger partial charge on any atom is -0.497 e. The number of hydrogen-bond donors (Lipinski definition) is 2. The van der Waals surface area contributed by atoms with Crippen molar-refractivity contribution in [2.45, 2.75) is 13.8 Å². The third kappa shape index (κ3) is 3.78. The Hall–Kier alpha value is -3.15. The molecular formula is C18H19N5O. The van der Waals surface area contributed by atoms with Crippen molar-refractivity contribution in [2.24, 2.45) is 0 Å². The van der Waals surface area contributed by atoms with Gasteiger partial charge in [-0.05, 0) is 43.2 Å². The van der Waals surface area contributed by atoms with Crippen LogP contribution in [0.15, 0.2) is 48.7 Å². The van der Waals surface area contributed by atoms with Crippen LogP contribution in [0.25, 0.3) is 0 Å². The van der Waals surface area contributed by atoms with Gasteiger partial charge in [0.1, 0.15) is 5.75 Å². The summed E-state index contributed by atoms with van der Waals surface area (Å²) in [5, 5.41) is 14.4. The summed E-state index contributed by atoms with van der Waals surface area (Å²) in [6.45, 7) is 4.10. The van der Waals surface area contributed by atoms with Crippen molar-refractivity contribution < 1.29 is 4.74 Å². The molecule has 0 aliphatic carbocycles. The molecule has 0 fully saturated rings. The highest BCUT2D eigenvalue weighted by Gasteiger charge is 2.05. The van der Waals surface area contributed by atoms with E-state index in [0.29, 0.717) is 11.8 Å². The fourth-order valence-corrected chi connectivity index (χ4v) is 2.26. The average Bonchev–Trinajstić information content (AvgIpc) is 2.59. The largest absolute Gasteiger partial charge is 0.497 e. The predicted molar refractivity (Wildman–Crippen MR) is 95.3 cm³/mol. The summed E-state index contributed by atoms with van der Waals surface area (Å²) < 4.78 is 5.21. The summed E-state index contributed by atoms with van der Waals surface area (Å²) in [5.41, 5.74) is 4.16. The molecule has 122 valence electrons. The van der Waals surface area contributed by atoms with Crippen LogP contribution in [0.4, 0.5) is 23.1 Å². The summed E-state index contributed by atoms with van der Waals surface area (Å²) in [5.74, 6) is 1.81. The fourth-order valence-electron chi connectivity index (χ4n) is 2.26. The number of aryl methyl sites for hydroxylation is 2. The van der Waals surface area contributed by atoms with Crippen molar-refractivity contribution in [3.63, 3.8) is 0 Å². The maximum absolute atomic E-state index is 5.21. The molecule has 0 unspecified atom stereocenters. The first-order valence-electron chi connectivity index (χ1n) is 7.59. The summed E-state index contributed by atoms with van der Waals surface area (Å²) in [7, 11) is 1.63. The summed E-state index contributed by atoms with van der Waals surface area (Å²) in [4.78, 5) is 4.45. The predicted octanol–water partition coefficient (Wildman–Crippen LogP) is 3.98. The molecule has 1 heterocycles. The lowest BCUT2D eigenvalue weighted by Crippen LogP contribution is -2.03. The van der Waals surface area contributed by atoms with Gasteiger partial charge < -0.3 is 15.4 Å². The Morgan fingerprint density at radius 2 is 1.88 bits per heavy atom. The Morgan fingerprint density at radius 3 is 2.71 bits per heavy atom. The Balaban J connectivity index is 1.80. The Morgan fingerprint density at radius 1 is 1.00 bits per heavy atom. The highest BCUT2D eigenvalue weighted by molar-refractivity contribution is 5.62. The fraction of sp³-hybridized carbons (Fsp3) is 0.167. The van der Waals surface area contributed by atoms with Gasteiger partial charge in [0, 0.05) is 17.4 Å². The Bertz CT molecular complexity index is 850. The summed E-state index contributed by atoms with van der Waals surface area (Å²) in [6, 6.07) is 13.8. The van der Waals surface area contributed by atoms with E-state index in [2.05, 4.69) is 50.9 Å². The number of benzene rings is 2. The molecule has 2 aromatic carbocycles. The van der Waals surface area contributed by atoms with Gasteiger partial charge in [0.15, 0.2) is 5.82 Å². The van der Waals surface area contributed by atoms with Gasteiger partial charge in [-0.1, -0.05) is 18.2 Å². The molecule has 3 rings (SSSR count). The van der Waals surface area contributed by atoms with Crippen LogP contribution in [0.3, 0.4) is 0 Å². The lowest BCUT2D eigenvalue weighted by Gasteiger charge is -2.11. The van der Waals surface area contributed by atoms with Crippen molar-refractivity contribution in [3.05, 3.63) is 59.8 Å². The molecule has 0 saturated carbocycles. The van der Waals surface area contributed by atoms with Gasteiger partial charge in [-0.15, -0.1) is 5.10 Å². The molecule has 0 bridgehead atoms. The normalized spacial score (nSPS) is 10.3. The van der Waals surface area contributed by atoms with Crippen molar-refractivity contribution in [1.29, 1.82) is 0 Å². The lowest BCUT2D eigenvalue weighted by atomic mass is 10.1. The number of hydrogen-bond acceptors (Lipinski definition) is 6. The quantitative estimate of drug-likeness (QED) is 0.740. The third-order valence-electron chi connectivity index (χ3n) is 3.54. The van der Waals surface area contributed by atoms with E-state index in [9.17, 15) is 0 Å². The zero-order chi connectivity index (χ0) is 16.9. The van der Waals surface area contributed by atoms with Crippen LogP contribution in [0, 0.1) is 13.8 Å². The van der Waals surface area contributed by atoms with E-state index in [1.807, 2.05) is 31.2 Å². The number of nitrogens with one attached hydrogen (secondary N) is 2. The molecule has 24 heavy (non-hydrogen) atoms. The monoisotopic (exact) mass is 321 g/mol. The van der Waals surface area contributed by atoms with Gasteiger partial charge in [-0.3, -0.25) is 0 Å². The van der Waals surface area contributed by atoms with E-state index in [1.54, 1.807) is 13.3 Å². The van der Waals surface area contributed by atoms with Crippen LogP contribution in [0.2, 0.25) is 0 Å². The molecule has 1 aromatic heterocycles. The first kappa shape index (κ1) is 15.7. The number of rotatable bonds is 5. The summed E-state index contributed by atoms with van der Waals surface area (Å²) in [6.07, 6.45) is 1.60. The number of ether oxygens (including phenoxy) is 1. The van der Waals surface area contributed by atoms with Crippen LogP contribution in [-0.2, 0) is 0 Å². The van der Waals surface area contributed by atoms with Crippen LogP contribution in [0.1, 0.15) is 11.1 Å². The molecule has 3 aromatic rings. The second-order valence-electron chi connectivity index (χ2n) is 5.47. The van der Waals surface area contributed by atoms with Crippen molar-refractivity contribution in [3.8, 4) is 5.75 Å². The van der Waals surface area contributed by atoms with Gasteiger partial charge in [0.05, 0.1) is 13.3 Å². The molecule has 0 spiro atoms. The highest BCUT2D eigenvalue weighted by atomic mass is 16.5. The number of anilines is 4. The smallest absolute Gasteiger partial charge is 0.249 e. The van der Waals surface area contributed by atoms with Gasteiger partial charge in [0.2, 0.25) is 5.95 Å². The van der Waals surface area contributed by atoms with E-state index < -0.39 is 0 Å². The van der Waals surface area contributed by atoms with E-state index in [-0.39, 0.29) is 0 Å². The summed E-state index contributed by atoms with van der Waals surface area (Å²) >= 11 is 0. The van der Waals surface area contributed by atoms with E-state index in [1.165, 1.54) is 5.56 Å². The van der Waals surface area contributed by atoms with E-state index >= 15 is 0 Å². The Kier molecular flexibility index (Phi) is 4.56. The average molecular weight is 321 g/mol. The molecule has 6 heteroatoms. The maximum atomic E-state index is 5.21. The zero-order valence-electron chi connectivity index (χ0n) is 13.9. The minimum absolute atomic E-state index is 0.415. The van der Waals surface area contributed by atoms with Crippen LogP contribution < -0.4 is 15.4 Å². The molecular weight excluding hydrogens is 302 g/mol. The number of aromatic nitrogens is 3. The Labute approximate surface area is 140 Å². The van der Waals surface area contributed by atoms with E-state index in [4.69, 9.17) is 4.74 Å². The topological polar surface area (TPSA) is 72.0 Å². The highest BCUT2D eigenvalue weighted by Crippen LogP contribution is 2.22. The third-order valence-corrected chi connectivity index (χ3v) is 3.54. The van der Waals surface area contributed by atoms with Crippen LogP contribution >= 0.6 is 0 Å². The van der Waals surface area contributed by atoms with Crippen molar-refractivity contribution in [1.82, 2.24) is 15.2 Å². The van der Waals surface area contributed by atoms with Crippen molar-refractivity contribution in [2.75, 3.05) is 17.7 Å². The molecule has 0 aliphatic heterocycles. The minimum atomic E-state index is 0.415. The number of nitrogens with zero attached hydrogens (tertiary/aromatic N) is 3. The molecule has 6 nitrogen and oxygen atoms in total. The lowest BCUT2D eigenvalue weighted by molar-refractivity contribution is 0.415. The van der Waals surface area contributed by atoms with Gasteiger partial charge in [0.25, 0.3) is 0 Å². The molecule has 0 amide bonds. The van der Waals surface area contributed by atoms with Gasteiger partial charge in [-0.2, -0.15) is 10.1 Å². The van der Waals surface area contributed by atoms with Crippen molar-refractivity contribution >= 4 is 23.1 Å². The van der Waals surface area contributed by atoms with E-state index in [0.717, 1.165) is 22.7 Å². The molecule has 0 atom stereocenters. The van der Waals surface area contributed by atoms with Crippen LogP contribution in [0.5, 0.6) is 5.75 Å². The number of methoxy groups -OCH3 is 1. The van der Waals surface area contributed by atoms with Crippen LogP contribution in [-0.4, -0.2) is 22.3 Å². The molecule has 0 saturated heterocycles. The van der Waals surface area contributed by atoms with Gasteiger partial charge in [-0.25, -0.2) is 0 Å². The SMILES string of the molecule is COc1cccc(Nc2nncc(Nc3cc(C)ccc3C)n2)c1. The second-order valence-corrected chi connectivity index (χ2v) is 5.47. The maximum Gasteiger partial charge on any atom is 0.249 e. The molecule has 2 N–H and O–H groups in total. The zero-order valence-corrected chi connectivity index (χ0v) is 13.9. The first-order chi connectivity index (χ1) is 11.6. The molecule has 0 aliphatic rings. The molecule has 0 radical (unpaired) electrons. The first-order valence-corrected chi connectivity index (χ1v) is 7.59. The second kappa shape index (κ2) is 6.95.